The van der Waals surface area contributed by atoms with Crippen LogP contribution >= 0.6 is 11.8 Å². The maximum absolute atomic E-state index is 11.9. The summed E-state index contributed by atoms with van der Waals surface area (Å²) in [6, 6.07) is 17.5. The molecule has 1 amide bonds. The lowest BCUT2D eigenvalue weighted by molar-refractivity contribution is -0.129. The molecule has 1 aliphatic heterocycles. The van der Waals surface area contributed by atoms with E-state index in [0.717, 1.165) is 16.9 Å². The molecule has 2 aromatic rings. The van der Waals surface area contributed by atoms with Crippen LogP contribution in [0.4, 0.5) is 11.4 Å². The van der Waals surface area contributed by atoms with Crippen LogP contribution in [-0.4, -0.2) is 30.2 Å². The summed E-state index contributed by atoms with van der Waals surface area (Å²) in [6.45, 7) is 1.50. The molecule has 0 saturated carbocycles. The number of hydrogen-bond donors (Lipinski definition) is 0. The van der Waals surface area contributed by atoms with Crippen molar-refractivity contribution in [3.8, 4) is 0 Å². The minimum absolute atomic E-state index is 0.123. The Morgan fingerprint density at radius 1 is 1.08 bits per heavy atom. The summed E-state index contributed by atoms with van der Waals surface area (Å²) in [4.78, 5) is 13.9. The summed E-state index contributed by atoms with van der Waals surface area (Å²) in [5.41, 5.74) is 2.84. The maximum Gasteiger partial charge on any atom is 0.241 e. The van der Waals surface area contributed by atoms with Crippen molar-refractivity contribution in [3.05, 3.63) is 60.2 Å². The second kappa shape index (κ2) is 7.48. The van der Waals surface area contributed by atoms with Gasteiger partial charge in [0.05, 0.1) is 5.69 Å². The average Bonchev–Trinajstić information content (AvgIpc) is 3.06. The number of benzene rings is 2. The first-order chi connectivity index (χ1) is 12.0. The topological polar surface area (TPSA) is 60.6 Å². The van der Waals surface area contributed by atoms with Crippen LogP contribution in [0, 0.1) is 0 Å². The van der Waals surface area contributed by atoms with E-state index in [9.17, 15) is 4.79 Å². The summed E-state index contributed by atoms with van der Waals surface area (Å²) in [5, 5.41) is 14.5. The van der Waals surface area contributed by atoms with Gasteiger partial charge in [0.1, 0.15) is 5.37 Å². The number of thioether (sulfide) groups is 1. The highest BCUT2D eigenvalue weighted by molar-refractivity contribution is 8.14. The molecule has 0 aromatic heterocycles. The van der Waals surface area contributed by atoms with Gasteiger partial charge in [0.2, 0.25) is 11.1 Å². The molecule has 2 aromatic carbocycles. The normalized spacial score (nSPS) is 17.0. The third-order valence-electron chi connectivity index (χ3n) is 3.66. The summed E-state index contributed by atoms with van der Waals surface area (Å²) in [5.74, 6) is -0.123. The van der Waals surface area contributed by atoms with Crippen molar-refractivity contribution in [1.29, 1.82) is 0 Å². The Hall–Kier alpha value is -2.67. The Balaban J connectivity index is 1.76. The lowest BCUT2D eigenvalue weighted by Gasteiger charge is -2.18. The maximum atomic E-state index is 11.9. The zero-order valence-corrected chi connectivity index (χ0v) is 15.1. The molecule has 25 heavy (non-hydrogen) atoms. The number of hydrazone groups is 1. The van der Waals surface area contributed by atoms with E-state index < -0.39 is 0 Å². The minimum Gasteiger partial charge on any atom is -0.378 e. The van der Waals surface area contributed by atoms with Crippen molar-refractivity contribution in [3.63, 3.8) is 0 Å². The first-order valence-corrected chi connectivity index (χ1v) is 8.71. The fourth-order valence-electron chi connectivity index (χ4n) is 2.34. The first kappa shape index (κ1) is 17.2. The zero-order valence-electron chi connectivity index (χ0n) is 14.3. The number of amidine groups is 1. The summed E-state index contributed by atoms with van der Waals surface area (Å²) < 4.78 is 0. The SMILES string of the molecule is CC(=O)N1N=C(N=Nc2ccc(N(C)C)cc2)SC1c1ccccc1. The molecule has 0 aliphatic carbocycles. The Labute approximate surface area is 151 Å². The number of carbonyl (C=O) groups excluding carboxylic acids is 1. The standard InChI is InChI=1S/C18H19N5OS/c1-13(24)23-17(14-7-5-4-6-8-14)25-18(21-23)20-19-15-9-11-16(12-10-15)22(2)3/h4-12,17H,1-3H3. The van der Waals surface area contributed by atoms with Gasteiger partial charge in [-0.15, -0.1) is 15.3 Å². The van der Waals surface area contributed by atoms with Gasteiger partial charge in [-0.2, -0.15) is 0 Å². The van der Waals surface area contributed by atoms with Crippen LogP contribution in [0.3, 0.4) is 0 Å². The number of amides is 1. The highest BCUT2D eigenvalue weighted by atomic mass is 32.2. The third kappa shape index (κ3) is 4.06. The lowest BCUT2D eigenvalue weighted by Crippen LogP contribution is -2.22. The molecule has 0 saturated heterocycles. The number of carbonyl (C=O) groups is 1. The molecular weight excluding hydrogens is 334 g/mol. The average molecular weight is 353 g/mol. The van der Waals surface area contributed by atoms with E-state index >= 15 is 0 Å². The largest absolute Gasteiger partial charge is 0.378 e. The second-order valence-electron chi connectivity index (χ2n) is 5.74. The molecule has 128 valence electrons. The molecule has 0 bridgehead atoms. The molecule has 1 heterocycles. The molecule has 1 unspecified atom stereocenters. The molecule has 1 aliphatic rings. The van der Waals surface area contributed by atoms with Crippen molar-refractivity contribution in [2.75, 3.05) is 19.0 Å². The fraction of sp³-hybridized carbons (Fsp3) is 0.222. The molecule has 0 radical (unpaired) electrons. The zero-order chi connectivity index (χ0) is 17.8. The predicted molar refractivity (Wildman–Crippen MR) is 102 cm³/mol. The van der Waals surface area contributed by atoms with Crippen molar-refractivity contribution >= 4 is 34.2 Å². The number of azo groups is 1. The van der Waals surface area contributed by atoms with Crippen LogP contribution in [0.25, 0.3) is 0 Å². The Kier molecular flexibility index (Phi) is 5.14. The van der Waals surface area contributed by atoms with Gasteiger partial charge in [0, 0.05) is 26.7 Å². The second-order valence-corrected chi connectivity index (χ2v) is 6.79. The number of nitrogens with zero attached hydrogens (tertiary/aromatic N) is 5. The van der Waals surface area contributed by atoms with Crippen LogP contribution in [0.2, 0.25) is 0 Å². The molecule has 7 heteroatoms. The summed E-state index contributed by atoms with van der Waals surface area (Å²) in [6.07, 6.45) is 0. The minimum atomic E-state index is -0.205. The Bertz CT molecular complexity index is 802. The van der Waals surface area contributed by atoms with Gasteiger partial charge in [0.15, 0.2) is 0 Å². The highest BCUT2D eigenvalue weighted by Crippen LogP contribution is 2.39. The molecule has 3 rings (SSSR count). The van der Waals surface area contributed by atoms with E-state index in [1.54, 1.807) is 0 Å². The van der Waals surface area contributed by atoms with Crippen LogP contribution in [0.15, 0.2) is 69.9 Å². The molecule has 0 N–H and O–H groups in total. The molecular formula is C18H19N5OS. The molecule has 0 fully saturated rings. The van der Waals surface area contributed by atoms with E-state index in [1.807, 2.05) is 73.6 Å². The van der Waals surface area contributed by atoms with Gasteiger partial charge in [-0.05, 0) is 29.8 Å². The lowest BCUT2D eigenvalue weighted by atomic mass is 10.2. The van der Waals surface area contributed by atoms with Crippen LogP contribution in [0.1, 0.15) is 17.9 Å². The molecule has 6 nitrogen and oxygen atoms in total. The van der Waals surface area contributed by atoms with Gasteiger partial charge in [-0.3, -0.25) is 4.79 Å². The predicted octanol–water partition coefficient (Wildman–Crippen LogP) is 4.40. The van der Waals surface area contributed by atoms with E-state index in [4.69, 9.17) is 0 Å². The first-order valence-electron chi connectivity index (χ1n) is 7.84. The summed E-state index contributed by atoms with van der Waals surface area (Å²) in [7, 11) is 3.97. The van der Waals surface area contributed by atoms with Crippen molar-refractivity contribution in [1.82, 2.24) is 5.01 Å². The number of rotatable bonds is 3. The Morgan fingerprint density at radius 2 is 1.76 bits per heavy atom. The van der Waals surface area contributed by atoms with Crippen molar-refractivity contribution < 1.29 is 4.79 Å². The fourth-order valence-corrected chi connectivity index (χ4v) is 3.35. The monoisotopic (exact) mass is 353 g/mol. The van der Waals surface area contributed by atoms with E-state index in [1.165, 1.54) is 23.7 Å². The Morgan fingerprint density at radius 3 is 2.36 bits per heavy atom. The van der Waals surface area contributed by atoms with Gasteiger partial charge in [-0.1, -0.05) is 42.1 Å². The van der Waals surface area contributed by atoms with Gasteiger partial charge in [-0.25, -0.2) is 5.01 Å². The van der Waals surface area contributed by atoms with Crippen LogP contribution in [-0.2, 0) is 4.79 Å². The van der Waals surface area contributed by atoms with Gasteiger partial charge >= 0.3 is 0 Å². The van der Waals surface area contributed by atoms with Crippen LogP contribution in [0.5, 0.6) is 0 Å². The van der Waals surface area contributed by atoms with Gasteiger partial charge in [0.25, 0.3) is 0 Å². The summed E-state index contributed by atoms with van der Waals surface area (Å²) >= 11 is 1.41. The quantitative estimate of drug-likeness (QED) is 0.768. The number of hydrogen-bond acceptors (Lipinski definition) is 6. The number of anilines is 1. The molecule has 1 atom stereocenters. The van der Waals surface area contributed by atoms with Crippen molar-refractivity contribution in [2.45, 2.75) is 12.3 Å². The smallest absolute Gasteiger partial charge is 0.241 e. The van der Waals surface area contributed by atoms with E-state index in [-0.39, 0.29) is 11.3 Å². The van der Waals surface area contributed by atoms with E-state index in [0.29, 0.717) is 5.17 Å². The van der Waals surface area contributed by atoms with E-state index in [2.05, 4.69) is 15.3 Å². The van der Waals surface area contributed by atoms with Crippen LogP contribution < -0.4 is 4.90 Å². The van der Waals surface area contributed by atoms with Crippen molar-refractivity contribution in [2.24, 2.45) is 15.3 Å². The highest BCUT2D eigenvalue weighted by Gasteiger charge is 2.31. The van der Waals surface area contributed by atoms with Gasteiger partial charge < -0.3 is 4.90 Å². The third-order valence-corrected chi connectivity index (χ3v) is 4.73. The molecule has 0 spiro atoms.